The lowest BCUT2D eigenvalue weighted by molar-refractivity contribution is 0.0946. The fourth-order valence-corrected chi connectivity index (χ4v) is 2.47. The smallest absolute Gasteiger partial charge is 0.268 e. The van der Waals surface area contributed by atoms with Gasteiger partial charge in [-0.1, -0.05) is 6.07 Å². The average Bonchev–Trinajstić information content (AvgIpc) is 3.29. The normalized spacial score (nSPS) is 10.8. The van der Waals surface area contributed by atoms with Crippen molar-refractivity contribution >= 4 is 16.8 Å². The Labute approximate surface area is 137 Å². The van der Waals surface area contributed by atoms with Crippen molar-refractivity contribution < 1.29 is 4.79 Å². The zero-order valence-electron chi connectivity index (χ0n) is 12.7. The van der Waals surface area contributed by atoms with Crippen molar-refractivity contribution in [2.24, 2.45) is 0 Å². The number of hydrogen-bond acceptors (Lipinski definition) is 4. The van der Waals surface area contributed by atoms with E-state index in [2.05, 4.69) is 30.5 Å². The minimum atomic E-state index is -0.179. The van der Waals surface area contributed by atoms with Crippen LogP contribution in [0.5, 0.6) is 0 Å². The lowest BCUT2D eigenvalue weighted by Crippen LogP contribution is -2.23. The number of rotatable bonds is 4. The first-order chi connectivity index (χ1) is 11.8. The van der Waals surface area contributed by atoms with E-state index in [0.717, 1.165) is 27.9 Å². The number of fused-ring (bicyclic) bond motifs is 1. The highest BCUT2D eigenvalue weighted by Gasteiger charge is 2.11. The van der Waals surface area contributed by atoms with Gasteiger partial charge < -0.3 is 10.3 Å². The van der Waals surface area contributed by atoms with Crippen LogP contribution in [0.4, 0.5) is 0 Å². The van der Waals surface area contributed by atoms with E-state index in [9.17, 15) is 4.79 Å². The summed E-state index contributed by atoms with van der Waals surface area (Å²) in [4.78, 5) is 24.0. The maximum atomic E-state index is 12.3. The summed E-state index contributed by atoms with van der Waals surface area (Å²) >= 11 is 0. The Bertz CT molecular complexity index is 975. The predicted octanol–water partition coefficient (Wildman–Crippen LogP) is 2.28. The molecule has 4 heterocycles. The van der Waals surface area contributed by atoms with Gasteiger partial charge in [0.2, 0.25) is 0 Å². The van der Waals surface area contributed by atoms with E-state index in [1.54, 1.807) is 30.9 Å². The van der Waals surface area contributed by atoms with E-state index in [0.29, 0.717) is 12.2 Å². The van der Waals surface area contributed by atoms with Crippen LogP contribution in [0.25, 0.3) is 22.2 Å². The largest absolute Gasteiger partial charge is 0.350 e. The summed E-state index contributed by atoms with van der Waals surface area (Å²) in [5.41, 5.74) is 3.84. The molecular formula is C17H14N6O. The summed E-state index contributed by atoms with van der Waals surface area (Å²) in [6.07, 6.45) is 6.92. The number of H-pyrrole nitrogens is 2. The second-order valence-electron chi connectivity index (χ2n) is 5.33. The van der Waals surface area contributed by atoms with Crippen LogP contribution in [0.1, 0.15) is 16.2 Å². The van der Waals surface area contributed by atoms with E-state index >= 15 is 0 Å². The summed E-state index contributed by atoms with van der Waals surface area (Å²) in [5, 5.41) is 10.4. The fourth-order valence-electron chi connectivity index (χ4n) is 2.47. The first kappa shape index (κ1) is 14.1. The third-order valence-corrected chi connectivity index (χ3v) is 3.70. The van der Waals surface area contributed by atoms with Gasteiger partial charge in [0.25, 0.3) is 5.91 Å². The first-order valence-electron chi connectivity index (χ1n) is 7.45. The molecule has 7 nitrogen and oxygen atoms in total. The van der Waals surface area contributed by atoms with Crippen LogP contribution in [0.15, 0.2) is 55.1 Å². The monoisotopic (exact) mass is 318 g/mol. The number of pyridine rings is 2. The molecule has 4 aromatic rings. The third kappa shape index (κ3) is 2.74. The molecule has 0 spiro atoms. The molecule has 0 fully saturated rings. The minimum Gasteiger partial charge on any atom is -0.350 e. The van der Waals surface area contributed by atoms with Crippen LogP contribution in [-0.4, -0.2) is 31.1 Å². The molecule has 0 unspecified atom stereocenters. The summed E-state index contributed by atoms with van der Waals surface area (Å²) in [5.74, 6) is -0.179. The van der Waals surface area contributed by atoms with Crippen LogP contribution < -0.4 is 5.32 Å². The minimum absolute atomic E-state index is 0.179. The Balaban J connectivity index is 1.55. The summed E-state index contributed by atoms with van der Waals surface area (Å²) in [7, 11) is 0. The molecule has 4 rings (SSSR count). The van der Waals surface area contributed by atoms with Gasteiger partial charge in [-0.15, -0.1) is 0 Å². The molecule has 0 radical (unpaired) electrons. The maximum Gasteiger partial charge on any atom is 0.268 e. The Kier molecular flexibility index (Phi) is 3.51. The molecule has 7 heteroatoms. The van der Waals surface area contributed by atoms with Gasteiger partial charge >= 0.3 is 0 Å². The number of carbonyl (C=O) groups is 1. The van der Waals surface area contributed by atoms with Crippen molar-refractivity contribution in [3.63, 3.8) is 0 Å². The maximum absolute atomic E-state index is 12.3. The number of aromatic nitrogens is 5. The number of nitrogens with zero attached hydrogens (tertiary/aromatic N) is 3. The van der Waals surface area contributed by atoms with Crippen molar-refractivity contribution in [2.45, 2.75) is 6.54 Å². The van der Waals surface area contributed by atoms with Gasteiger partial charge in [0.1, 0.15) is 5.69 Å². The van der Waals surface area contributed by atoms with Crippen molar-refractivity contribution in [3.05, 3.63) is 66.5 Å². The van der Waals surface area contributed by atoms with Gasteiger partial charge in [-0.3, -0.25) is 19.9 Å². The second kappa shape index (κ2) is 5.96. The average molecular weight is 318 g/mol. The molecular weight excluding hydrogens is 304 g/mol. The molecule has 0 aliphatic heterocycles. The SMILES string of the molecule is O=C(NCc1ccccn1)c1cc2cnc(-c3cn[nH]c3)cc2[nH]1. The molecule has 0 aliphatic rings. The van der Waals surface area contributed by atoms with E-state index in [1.165, 1.54) is 0 Å². The van der Waals surface area contributed by atoms with Gasteiger partial charge in [0.05, 0.1) is 24.1 Å². The van der Waals surface area contributed by atoms with Gasteiger partial charge in [-0.05, 0) is 24.3 Å². The highest BCUT2D eigenvalue weighted by molar-refractivity contribution is 5.98. The molecule has 0 aliphatic carbocycles. The van der Waals surface area contributed by atoms with Gasteiger partial charge in [0.15, 0.2) is 0 Å². The van der Waals surface area contributed by atoms with E-state index in [-0.39, 0.29) is 5.91 Å². The van der Waals surface area contributed by atoms with Crippen molar-refractivity contribution in [3.8, 4) is 11.3 Å². The fraction of sp³-hybridized carbons (Fsp3) is 0.0588. The number of carbonyl (C=O) groups excluding carboxylic acids is 1. The number of nitrogens with one attached hydrogen (secondary N) is 3. The number of hydrogen-bond donors (Lipinski definition) is 3. The van der Waals surface area contributed by atoms with E-state index in [4.69, 9.17) is 0 Å². The molecule has 0 bridgehead atoms. The molecule has 24 heavy (non-hydrogen) atoms. The zero-order chi connectivity index (χ0) is 16.4. The summed E-state index contributed by atoms with van der Waals surface area (Å²) in [6, 6.07) is 9.28. The molecule has 1 amide bonds. The van der Waals surface area contributed by atoms with Crippen LogP contribution in [0.2, 0.25) is 0 Å². The molecule has 0 saturated heterocycles. The standard InChI is InChI=1S/C17H14N6O/c24-17(20-10-13-3-1-2-4-18-13)16-5-11-7-19-14(6-15(11)23-16)12-8-21-22-9-12/h1-9,23H,10H2,(H,20,24)(H,21,22). The molecule has 3 N–H and O–H groups in total. The van der Waals surface area contributed by atoms with Crippen molar-refractivity contribution in [2.75, 3.05) is 0 Å². The summed E-state index contributed by atoms with van der Waals surface area (Å²) in [6.45, 7) is 0.382. The quantitative estimate of drug-likeness (QED) is 0.537. The topological polar surface area (TPSA) is 99.3 Å². The van der Waals surface area contributed by atoms with Crippen LogP contribution >= 0.6 is 0 Å². The number of aromatic amines is 2. The van der Waals surface area contributed by atoms with Crippen molar-refractivity contribution in [1.82, 2.24) is 30.5 Å². The molecule has 0 atom stereocenters. The van der Waals surface area contributed by atoms with E-state index < -0.39 is 0 Å². The highest BCUT2D eigenvalue weighted by Crippen LogP contribution is 2.21. The predicted molar refractivity (Wildman–Crippen MR) is 89.1 cm³/mol. The first-order valence-corrected chi connectivity index (χ1v) is 7.45. The molecule has 4 aromatic heterocycles. The Morgan fingerprint density at radius 3 is 2.92 bits per heavy atom. The van der Waals surface area contributed by atoms with Gasteiger partial charge in [0, 0.05) is 35.1 Å². The lowest BCUT2D eigenvalue weighted by Gasteiger charge is -2.02. The Hall–Kier alpha value is -3.48. The number of amides is 1. The molecule has 0 saturated carbocycles. The summed E-state index contributed by atoms with van der Waals surface area (Å²) < 4.78 is 0. The molecule has 0 aromatic carbocycles. The van der Waals surface area contributed by atoms with Crippen LogP contribution in [0.3, 0.4) is 0 Å². The van der Waals surface area contributed by atoms with Crippen molar-refractivity contribution in [1.29, 1.82) is 0 Å². The van der Waals surface area contributed by atoms with E-state index in [1.807, 2.05) is 24.3 Å². The van der Waals surface area contributed by atoms with Crippen LogP contribution in [0, 0.1) is 0 Å². The third-order valence-electron chi connectivity index (χ3n) is 3.70. The van der Waals surface area contributed by atoms with Gasteiger partial charge in [-0.2, -0.15) is 5.10 Å². The molecule has 118 valence electrons. The highest BCUT2D eigenvalue weighted by atomic mass is 16.1. The van der Waals surface area contributed by atoms with Gasteiger partial charge in [-0.25, -0.2) is 0 Å². The Morgan fingerprint density at radius 2 is 2.12 bits per heavy atom. The van der Waals surface area contributed by atoms with Crippen LogP contribution in [-0.2, 0) is 6.54 Å². The lowest BCUT2D eigenvalue weighted by atomic mass is 10.2. The zero-order valence-corrected chi connectivity index (χ0v) is 12.7. The second-order valence-corrected chi connectivity index (χ2v) is 5.33. The Morgan fingerprint density at radius 1 is 1.17 bits per heavy atom.